The van der Waals surface area contributed by atoms with Crippen molar-refractivity contribution in [1.82, 2.24) is 0 Å². The molecule has 0 aromatic rings. The first-order valence-electron chi connectivity index (χ1n) is 2.67. The Labute approximate surface area is 50.2 Å². The van der Waals surface area contributed by atoms with Gasteiger partial charge in [0.25, 0.3) is 0 Å². The van der Waals surface area contributed by atoms with E-state index < -0.39 is 0 Å². The summed E-state index contributed by atoms with van der Waals surface area (Å²) >= 11 is 0. The molecule has 0 aliphatic carbocycles. The molecule has 0 rings (SSSR count). The Kier molecular flexibility index (Phi) is 21.3. The molecule has 0 saturated heterocycles. The minimum absolute atomic E-state index is 0.247. The molecular formula is C5H14O3. The lowest BCUT2D eigenvalue weighted by Gasteiger charge is -1.89. The van der Waals surface area contributed by atoms with Crippen LogP contribution in [0.5, 0.6) is 0 Å². The highest BCUT2D eigenvalue weighted by Crippen LogP contribution is 1.65. The monoisotopic (exact) mass is 122 g/mol. The summed E-state index contributed by atoms with van der Waals surface area (Å²) in [6, 6.07) is 0. The van der Waals surface area contributed by atoms with Crippen molar-refractivity contribution < 1.29 is 14.9 Å². The van der Waals surface area contributed by atoms with Crippen molar-refractivity contribution in [3.05, 3.63) is 0 Å². The third kappa shape index (κ3) is 16.9. The van der Waals surface area contributed by atoms with Crippen LogP contribution in [-0.4, -0.2) is 25.6 Å². The van der Waals surface area contributed by atoms with E-state index in [9.17, 15) is 0 Å². The normalized spacial score (nSPS) is 7.50. The highest BCUT2D eigenvalue weighted by Gasteiger charge is 1.75. The van der Waals surface area contributed by atoms with Gasteiger partial charge in [0.2, 0.25) is 0 Å². The van der Waals surface area contributed by atoms with Gasteiger partial charge < -0.3 is 4.74 Å². The second-order valence-electron chi connectivity index (χ2n) is 0.826. The fraction of sp³-hybridized carbons (Fsp3) is 1.00. The molecule has 3 nitrogen and oxygen atoms in total. The largest absolute Gasteiger partial charge is 0.382 e. The molecule has 0 saturated carbocycles. The molecule has 0 unspecified atom stereocenters. The molecule has 0 amide bonds. The van der Waals surface area contributed by atoms with Crippen LogP contribution in [0.2, 0.25) is 0 Å². The maximum absolute atomic E-state index is 7.62. The maximum atomic E-state index is 7.62. The Morgan fingerprint density at radius 1 is 1.25 bits per heavy atom. The van der Waals surface area contributed by atoms with E-state index in [2.05, 4.69) is 9.62 Å². The minimum Gasteiger partial charge on any atom is -0.382 e. The van der Waals surface area contributed by atoms with E-state index in [0.29, 0.717) is 6.61 Å². The Hall–Kier alpha value is -0.120. The molecule has 0 heterocycles. The fourth-order valence-corrected chi connectivity index (χ4v) is 0.121. The first kappa shape index (κ1) is 10.8. The van der Waals surface area contributed by atoms with Gasteiger partial charge in [-0.2, -0.15) is 0 Å². The predicted molar refractivity (Wildman–Crippen MR) is 31.8 cm³/mol. The van der Waals surface area contributed by atoms with Crippen LogP contribution in [0.3, 0.4) is 0 Å². The summed E-state index contributed by atoms with van der Waals surface area (Å²) in [5.41, 5.74) is 0. The van der Waals surface area contributed by atoms with Gasteiger partial charge >= 0.3 is 0 Å². The van der Waals surface area contributed by atoms with Crippen molar-refractivity contribution in [3.8, 4) is 0 Å². The van der Waals surface area contributed by atoms with Crippen LogP contribution in [0, 0.1) is 0 Å². The lowest BCUT2D eigenvalue weighted by Crippen LogP contribution is -1.96. The molecule has 0 aliphatic heterocycles. The first-order chi connectivity index (χ1) is 3.91. The third-order valence-corrected chi connectivity index (χ3v) is 0.379. The second kappa shape index (κ2) is 15.8. The van der Waals surface area contributed by atoms with Gasteiger partial charge in [-0.25, -0.2) is 4.89 Å². The van der Waals surface area contributed by atoms with Gasteiger partial charge in [-0.3, -0.25) is 5.26 Å². The number of methoxy groups -OCH3 is 1. The molecule has 0 aromatic carbocycles. The van der Waals surface area contributed by atoms with E-state index in [1.807, 2.05) is 13.8 Å². The number of hydrogen-bond acceptors (Lipinski definition) is 3. The highest BCUT2D eigenvalue weighted by molar-refractivity contribution is 4.15. The number of ether oxygens (including phenoxy) is 1. The average molecular weight is 122 g/mol. The summed E-state index contributed by atoms with van der Waals surface area (Å²) in [4.78, 5) is 3.66. The van der Waals surface area contributed by atoms with Crippen molar-refractivity contribution in [3.63, 3.8) is 0 Å². The Balaban J connectivity index is 0. The molecule has 0 bridgehead atoms. The Morgan fingerprint density at radius 3 is 1.88 bits per heavy atom. The van der Waals surface area contributed by atoms with Gasteiger partial charge in [-0.05, 0) is 0 Å². The third-order valence-electron chi connectivity index (χ3n) is 0.379. The van der Waals surface area contributed by atoms with E-state index in [0.717, 1.165) is 0 Å². The smallest absolute Gasteiger partial charge is 0.105 e. The molecule has 0 aliphatic rings. The van der Waals surface area contributed by atoms with Crippen molar-refractivity contribution in [2.75, 3.05) is 20.3 Å². The van der Waals surface area contributed by atoms with Crippen LogP contribution in [0.4, 0.5) is 0 Å². The number of hydrogen-bond donors (Lipinski definition) is 1. The van der Waals surface area contributed by atoms with Gasteiger partial charge in [-0.15, -0.1) is 0 Å². The van der Waals surface area contributed by atoms with Crippen LogP contribution in [0.15, 0.2) is 0 Å². The summed E-state index contributed by atoms with van der Waals surface area (Å²) in [6.45, 7) is 4.69. The Bertz CT molecular complexity index is 19.6. The van der Waals surface area contributed by atoms with E-state index in [-0.39, 0.29) is 6.61 Å². The maximum Gasteiger partial charge on any atom is 0.105 e. The molecular weight excluding hydrogens is 108 g/mol. The van der Waals surface area contributed by atoms with E-state index in [1.54, 1.807) is 7.11 Å². The average Bonchev–Trinajstić information content (AvgIpc) is 1.88. The van der Waals surface area contributed by atoms with Crippen molar-refractivity contribution >= 4 is 0 Å². The summed E-state index contributed by atoms with van der Waals surface area (Å²) < 4.78 is 4.50. The summed E-state index contributed by atoms with van der Waals surface area (Å²) in [6.07, 6.45) is 0. The molecule has 52 valence electrons. The quantitative estimate of drug-likeness (QED) is 0.346. The zero-order valence-corrected chi connectivity index (χ0v) is 5.68. The first-order valence-corrected chi connectivity index (χ1v) is 2.67. The van der Waals surface area contributed by atoms with E-state index in [4.69, 9.17) is 5.26 Å². The SMILES string of the molecule is CC.COCCOO. The zero-order chi connectivity index (χ0) is 6.83. The fourth-order valence-electron chi connectivity index (χ4n) is 0.121. The van der Waals surface area contributed by atoms with Crippen LogP contribution in [0.25, 0.3) is 0 Å². The van der Waals surface area contributed by atoms with Gasteiger partial charge in [0.1, 0.15) is 6.61 Å². The van der Waals surface area contributed by atoms with E-state index >= 15 is 0 Å². The standard InChI is InChI=1S/C3H8O3.C2H6/c1-5-2-3-6-4;1-2/h4H,2-3H2,1H3;1-2H3. The van der Waals surface area contributed by atoms with Gasteiger partial charge in [0, 0.05) is 7.11 Å². The summed E-state index contributed by atoms with van der Waals surface area (Å²) in [7, 11) is 1.54. The van der Waals surface area contributed by atoms with Gasteiger partial charge in [-0.1, -0.05) is 13.8 Å². The van der Waals surface area contributed by atoms with Crippen LogP contribution >= 0.6 is 0 Å². The predicted octanol–water partition coefficient (Wildman–Crippen LogP) is 1.15. The van der Waals surface area contributed by atoms with Crippen molar-refractivity contribution in [2.45, 2.75) is 13.8 Å². The van der Waals surface area contributed by atoms with Gasteiger partial charge in [0.15, 0.2) is 0 Å². The summed E-state index contributed by atoms with van der Waals surface area (Å²) in [5, 5.41) is 7.62. The topological polar surface area (TPSA) is 38.7 Å². The van der Waals surface area contributed by atoms with Crippen LogP contribution in [0.1, 0.15) is 13.8 Å². The summed E-state index contributed by atoms with van der Waals surface area (Å²) in [5.74, 6) is 0. The highest BCUT2D eigenvalue weighted by atomic mass is 17.1. The van der Waals surface area contributed by atoms with E-state index in [1.165, 1.54) is 0 Å². The minimum atomic E-state index is 0.247. The molecule has 0 atom stereocenters. The van der Waals surface area contributed by atoms with Crippen LogP contribution in [-0.2, 0) is 9.62 Å². The Morgan fingerprint density at radius 2 is 1.75 bits per heavy atom. The molecule has 0 radical (unpaired) electrons. The van der Waals surface area contributed by atoms with Gasteiger partial charge in [0.05, 0.1) is 6.61 Å². The molecule has 1 N–H and O–H groups in total. The second-order valence-corrected chi connectivity index (χ2v) is 0.826. The molecule has 0 aromatic heterocycles. The van der Waals surface area contributed by atoms with Crippen molar-refractivity contribution in [2.24, 2.45) is 0 Å². The molecule has 8 heavy (non-hydrogen) atoms. The zero-order valence-electron chi connectivity index (χ0n) is 5.68. The molecule has 0 fully saturated rings. The number of rotatable bonds is 3. The molecule has 0 spiro atoms. The lowest BCUT2D eigenvalue weighted by atomic mass is 10.8. The molecule has 3 heteroatoms. The van der Waals surface area contributed by atoms with Crippen LogP contribution < -0.4 is 0 Å². The van der Waals surface area contributed by atoms with Crippen molar-refractivity contribution in [1.29, 1.82) is 0 Å². The lowest BCUT2D eigenvalue weighted by molar-refractivity contribution is -0.247.